The summed E-state index contributed by atoms with van der Waals surface area (Å²) in [5, 5.41) is 7.80. The molecule has 0 radical (unpaired) electrons. The lowest BCUT2D eigenvalue weighted by molar-refractivity contribution is 0.882. The van der Waals surface area contributed by atoms with Crippen LogP contribution in [-0.4, -0.2) is 19.7 Å². The first-order valence-corrected chi connectivity index (χ1v) is 9.39. The van der Waals surface area contributed by atoms with E-state index >= 15 is 0 Å². The summed E-state index contributed by atoms with van der Waals surface area (Å²) >= 11 is 0. The lowest BCUT2D eigenvalue weighted by Crippen LogP contribution is -2.05. The molecule has 1 aromatic carbocycles. The highest BCUT2D eigenvalue weighted by molar-refractivity contribution is 5.60. The Morgan fingerprint density at radius 1 is 1.07 bits per heavy atom. The van der Waals surface area contributed by atoms with Crippen LogP contribution in [0.15, 0.2) is 83.9 Å². The highest BCUT2D eigenvalue weighted by atomic mass is 15.3. The van der Waals surface area contributed by atoms with E-state index in [9.17, 15) is 0 Å². The molecule has 0 spiro atoms. The van der Waals surface area contributed by atoms with Crippen LogP contribution in [0.4, 0.5) is 5.95 Å². The van der Waals surface area contributed by atoms with Gasteiger partial charge in [-0.15, -0.1) is 6.42 Å². The zero-order valence-electron chi connectivity index (χ0n) is 16.4. The largest absolute Gasteiger partial charge is 0.328 e. The first kappa shape index (κ1) is 18.5. The minimum Gasteiger partial charge on any atom is -0.328 e. The third-order valence-electron chi connectivity index (χ3n) is 4.59. The molecule has 2 aromatic heterocycles. The summed E-state index contributed by atoms with van der Waals surface area (Å²) in [6.45, 7) is 4.19. The number of hydrogen-bond donors (Lipinski definition) is 1. The van der Waals surface area contributed by atoms with Gasteiger partial charge in [0.05, 0.1) is 23.3 Å². The molecule has 5 heteroatoms. The molecule has 142 valence electrons. The van der Waals surface area contributed by atoms with Crippen LogP contribution in [0.1, 0.15) is 25.8 Å². The number of hydrogen-bond acceptors (Lipinski definition) is 4. The van der Waals surface area contributed by atoms with E-state index in [1.54, 1.807) is 12.4 Å². The topological polar surface area (TPSA) is 55.6 Å². The summed E-state index contributed by atoms with van der Waals surface area (Å²) in [7, 11) is 0. The second-order valence-corrected chi connectivity index (χ2v) is 6.92. The van der Waals surface area contributed by atoms with Crippen molar-refractivity contribution in [2.24, 2.45) is 0 Å². The molecule has 1 N–H and O–H groups in total. The molecule has 3 aromatic rings. The van der Waals surface area contributed by atoms with Crippen LogP contribution in [0.25, 0.3) is 17.1 Å². The fourth-order valence-electron chi connectivity index (χ4n) is 3.29. The van der Waals surface area contributed by atoms with Crippen molar-refractivity contribution in [3.63, 3.8) is 0 Å². The van der Waals surface area contributed by atoms with Gasteiger partial charge in [-0.1, -0.05) is 29.7 Å². The average Bonchev–Trinajstić information content (AvgIpc) is 3.16. The third-order valence-corrected chi connectivity index (χ3v) is 4.59. The van der Waals surface area contributed by atoms with E-state index < -0.39 is 0 Å². The molecule has 0 bridgehead atoms. The molecule has 1 aliphatic rings. The van der Waals surface area contributed by atoms with Gasteiger partial charge in [-0.05, 0) is 55.8 Å². The minimum absolute atomic E-state index is 0.555. The summed E-state index contributed by atoms with van der Waals surface area (Å²) in [6.07, 6.45) is 16.3. The van der Waals surface area contributed by atoms with E-state index in [0.717, 1.165) is 34.8 Å². The maximum absolute atomic E-state index is 5.54. The number of rotatable bonds is 4. The number of nitrogens with zero attached hydrogens (tertiary/aromatic N) is 4. The van der Waals surface area contributed by atoms with Crippen molar-refractivity contribution in [2.75, 3.05) is 5.32 Å². The van der Waals surface area contributed by atoms with Gasteiger partial charge in [0.25, 0.3) is 0 Å². The number of aromatic nitrogens is 4. The number of allylic oxidation sites excluding steroid dienone is 5. The molecule has 1 aliphatic carbocycles. The summed E-state index contributed by atoms with van der Waals surface area (Å²) in [6, 6.07) is 11.5. The molecule has 0 saturated carbocycles. The van der Waals surface area contributed by atoms with Crippen LogP contribution in [0, 0.1) is 12.3 Å². The van der Waals surface area contributed by atoms with Crippen molar-refractivity contribution in [3.8, 4) is 29.4 Å². The van der Waals surface area contributed by atoms with Crippen molar-refractivity contribution in [1.82, 2.24) is 19.7 Å². The number of terminal acetylenes is 1. The highest BCUT2D eigenvalue weighted by Gasteiger charge is 2.11. The Hall–Kier alpha value is -3.91. The zero-order chi connectivity index (χ0) is 20.2. The number of benzene rings is 1. The summed E-state index contributed by atoms with van der Waals surface area (Å²) in [4.78, 5) is 9.10. The van der Waals surface area contributed by atoms with Crippen LogP contribution in [0.3, 0.4) is 0 Å². The quantitative estimate of drug-likeness (QED) is 0.655. The number of nitrogens with one attached hydrogen (secondary N) is 1. The molecular weight excluding hydrogens is 358 g/mol. The molecule has 4 rings (SSSR count). The Bertz CT molecular complexity index is 1190. The first-order chi connectivity index (χ1) is 14.1. The van der Waals surface area contributed by atoms with E-state index in [1.165, 1.54) is 11.1 Å². The van der Waals surface area contributed by atoms with Gasteiger partial charge in [0.15, 0.2) is 0 Å². The normalized spacial score (nSPS) is 13.6. The third kappa shape index (κ3) is 4.17. The average molecular weight is 379 g/mol. The molecule has 5 nitrogen and oxygen atoms in total. The molecule has 0 unspecified atom stereocenters. The van der Waals surface area contributed by atoms with Crippen molar-refractivity contribution in [2.45, 2.75) is 20.3 Å². The summed E-state index contributed by atoms with van der Waals surface area (Å²) in [5.41, 5.74) is 6.85. The molecule has 2 heterocycles. The predicted octanol–water partition coefficient (Wildman–Crippen LogP) is 4.90. The fraction of sp³-hybridized carbons (Fsp3) is 0.125. The Kier molecular flexibility index (Phi) is 5.08. The van der Waals surface area contributed by atoms with Crippen molar-refractivity contribution in [1.29, 1.82) is 0 Å². The number of anilines is 1. The van der Waals surface area contributed by atoms with Gasteiger partial charge in [-0.3, -0.25) is 0 Å². The van der Waals surface area contributed by atoms with Crippen molar-refractivity contribution < 1.29 is 0 Å². The molecular formula is C24H21N5. The highest BCUT2D eigenvalue weighted by Crippen LogP contribution is 2.23. The molecule has 0 atom stereocenters. The van der Waals surface area contributed by atoms with Crippen molar-refractivity contribution in [3.05, 3.63) is 89.4 Å². The van der Waals surface area contributed by atoms with E-state index in [1.807, 2.05) is 41.1 Å². The van der Waals surface area contributed by atoms with Gasteiger partial charge in [-0.2, -0.15) is 5.10 Å². The Morgan fingerprint density at radius 3 is 2.83 bits per heavy atom. The van der Waals surface area contributed by atoms with Gasteiger partial charge in [0.1, 0.15) is 0 Å². The van der Waals surface area contributed by atoms with Gasteiger partial charge in [0, 0.05) is 23.9 Å². The van der Waals surface area contributed by atoms with E-state index in [2.05, 4.69) is 53.4 Å². The van der Waals surface area contributed by atoms with Crippen LogP contribution in [0.2, 0.25) is 0 Å². The van der Waals surface area contributed by atoms with E-state index in [-0.39, 0.29) is 0 Å². The predicted molar refractivity (Wildman–Crippen MR) is 116 cm³/mol. The smallest absolute Gasteiger partial charge is 0.227 e. The van der Waals surface area contributed by atoms with Crippen LogP contribution in [0.5, 0.6) is 0 Å². The molecule has 0 saturated heterocycles. The van der Waals surface area contributed by atoms with Crippen LogP contribution < -0.4 is 5.32 Å². The molecule has 0 fully saturated rings. The van der Waals surface area contributed by atoms with Crippen LogP contribution in [-0.2, 0) is 0 Å². The Morgan fingerprint density at radius 2 is 1.97 bits per heavy atom. The summed E-state index contributed by atoms with van der Waals surface area (Å²) < 4.78 is 1.83. The maximum atomic E-state index is 5.54. The van der Waals surface area contributed by atoms with Gasteiger partial charge >= 0.3 is 0 Å². The Labute approximate surface area is 170 Å². The fourth-order valence-corrected chi connectivity index (χ4v) is 3.29. The molecule has 29 heavy (non-hydrogen) atoms. The lowest BCUT2D eigenvalue weighted by atomic mass is 10.2. The van der Waals surface area contributed by atoms with Crippen LogP contribution >= 0.6 is 0 Å². The van der Waals surface area contributed by atoms with Gasteiger partial charge in [0.2, 0.25) is 5.95 Å². The van der Waals surface area contributed by atoms with Crippen molar-refractivity contribution >= 4 is 5.95 Å². The minimum atomic E-state index is 0.555. The lowest BCUT2D eigenvalue weighted by Gasteiger charge is -2.10. The zero-order valence-corrected chi connectivity index (χ0v) is 16.4. The second kappa shape index (κ2) is 7.99. The summed E-state index contributed by atoms with van der Waals surface area (Å²) in [5.74, 6) is 3.22. The SMILES string of the molecule is C#Cc1cccc(-n2nccc2-c2ccnc(NC3=CC(C)=CC(C)=CC3)n2)c1. The second-order valence-electron chi connectivity index (χ2n) is 6.92. The standard InChI is InChI=1S/C24H21N5/c1-4-19-6-5-7-21(16-19)29-23(11-13-26-29)22-10-12-25-24(28-22)27-20-9-8-17(2)14-18(3)15-20/h1,5-8,10-16H,9H2,2-3H3,(H,25,27,28). The van der Waals surface area contributed by atoms with E-state index in [0.29, 0.717) is 5.95 Å². The van der Waals surface area contributed by atoms with Gasteiger partial charge in [-0.25, -0.2) is 14.6 Å². The molecule has 0 aliphatic heterocycles. The van der Waals surface area contributed by atoms with Gasteiger partial charge < -0.3 is 5.32 Å². The monoisotopic (exact) mass is 379 g/mol. The Balaban J connectivity index is 1.65. The van der Waals surface area contributed by atoms with E-state index in [4.69, 9.17) is 11.4 Å². The molecule has 0 amide bonds. The first-order valence-electron chi connectivity index (χ1n) is 9.39. The maximum Gasteiger partial charge on any atom is 0.227 e.